The Balaban J connectivity index is 1.82. The maximum atomic E-state index is 6.15. The van der Waals surface area contributed by atoms with Crippen LogP contribution in [0.1, 0.15) is 5.56 Å². The van der Waals surface area contributed by atoms with Crippen LogP contribution in [0.4, 0.5) is 23.1 Å². The smallest absolute Gasteiger partial charge is 0.249 e. The highest BCUT2D eigenvalue weighted by Crippen LogP contribution is 2.31. The Morgan fingerprint density at radius 3 is 2.58 bits per heavy atom. The molecular weight excluding hydrogens is 354 g/mol. The van der Waals surface area contributed by atoms with Crippen molar-refractivity contribution < 1.29 is 9.47 Å². The molecule has 0 bridgehead atoms. The van der Waals surface area contributed by atoms with Gasteiger partial charge in [0.25, 0.3) is 0 Å². The monoisotopic (exact) mass is 371 g/mol. The first kappa shape index (κ1) is 17.8. The van der Waals surface area contributed by atoms with E-state index in [4.69, 9.17) is 21.1 Å². The summed E-state index contributed by atoms with van der Waals surface area (Å²) in [6.07, 6.45) is 1.52. The van der Waals surface area contributed by atoms with Crippen LogP contribution in [0.15, 0.2) is 42.6 Å². The number of hydrogen-bond donors (Lipinski definition) is 2. The Morgan fingerprint density at radius 1 is 1.00 bits per heavy atom. The van der Waals surface area contributed by atoms with Crippen LogP contribution in [0, 0.1) is 6.92 Å². The van der Waals surface area contributed by atoms with E-state index in [1.54, 1.807) is 14.2 Å². The Hall–Kier alpha value is -3.06. The lowest BCUT2D eigenvalue weighted by atomic mass is 10.2. The molecule has 0 aliphatic rings. The lowest BCUT2D eigenvalue weighted by molar-refractivity contribution is 0.405. The van der Waals surface area contributed by atoms with E-state index in [0.29, 0.717) is 34.0 Å². The van der Waals surface area contributed by atoms with Gasteiger partial charge in [0.1, 0.15) is 11.5 Å². The van der Waals surface area contributed by atoms with Crippen molar-refractivity contribution in [3.63, 3.8) is 0 Å². The van der Waals surface area contributed by atoms with Gasteiger partial charge in [0.2, 0.25) is 5.95 Å². The number of nitrogens with zero attached hydrogens (tertiary/aromatic N) is 3. The van der Waals surface area contributed by atoms with Crippen molar-refractivity contribution in [1.82, 2.24) is 15.2 Å². The van der Waals surface area contributed by atoms with Gasteiger partial charge in [-0.05, 0) is 36.8 Å². The second-order valence-electron chi connectivity index (χ2n) is 5.45. The topological polar surface area (TPSA) is 81.2 Å². The molecule has 0 radical (unpaired) electrons. The van der Waals surface area contributed by atoms with E-state index >= 15 is 0 Å². The highest BCUT2D eigenvalue weighted by molar-refractivity contribution is 6.31. The Morgan fingerprint density at radius 2 is 1.85 bits per heavy atom. The molecule has 0 amide bonds. The molecule has 26 heavy (non-hydrogen) atoms. The van der Waals surface area contributed by atoms with Crippen molar-refractivity contribution in [2.75, 3.05) is 24.9 Å². The number of benzene rings is 2. The first-order chi connectivity index (χ1) is 12.6. The lowest BCUT2D eigenvalue weighted by Gasteiger charge is -2.12. The summed E-state index contributed by atoms with van der Waals surface area (Å²) in [4.78, 5) is 4.41. The zero-order valence-corrected chi connectivity index (χ0v) is 15.3. The van der Waals surface area contributed by atoms with Gasteiger partial charge < -0.3 is 20.1 Å². The number of aromatic nitrogens is 3. The molecule has 0 saturated heterocycles. The number of nitrogens with one attached hydrogen (secondary N) is 2. The second kappa shape index (κ2) is 7.88. The summed E-state index contributed by atoms with van der Waals surface area (Å²) in [6, 6.07) is 11.1. The zero-order chi connectivity index (χ0) is 18.5. The second-order valence-corrected chi connectivity index (χ2v) is 5.85. The Labute approximate surface area is 156 Å². The number of methoxy groups -OCH3 is 2. The fraction of sp³-hybridized carbons (Fsp3) is 0.167. The van der Waals surface area contributed by atoms with E-state index in [2.05, 4.69) is 25.8 Å². The van der Waals surface area contributed by atoms with Crippen LogP contribution in [0.25, 0.3) is 0 Å². The molecule has 0 unspecified atom stereocenters. The van der Waals surface area contributed by atoms with Crippen molar-refractivity contribution >= 4 is 34.7 Å². The van der Waals surface area contributed by atoms with Crippen molar-refractivity contribution in [1.29, 1.82) is 0 Å². The quantitative estimate of drug-likeness (QED) is 0.667. The SMILES string of the molecule is COc1ccc(OC)c(Nc2cnnc(Nc3ccc(C)c(Cl)c3)n2)c1. The van der Waals surface area contributed by atoms with Crippen LogP contribution in [0.2, 0.25) is 5.02 Å². The first-order valence-corrected chi connectivity index (χ1v) is 8.19. The molecule has 134 valence electrons. The highest BCUT2D eigenvalue weighted by Gasteiger charge is 2.08. The third kappa shape index (κ3) is 4.12. The third-order valence-corrected chi connectivity index (χ3v) is 4.06. The normalized spacial score (nSPS) is 10.3. The van der Waals surface area contributed by atoms with Crippen LogP contribution >= 0.6 is 11.6 Å². The molecule has 2 aromatic carbocycles. The van der Waals surface area contributed by atoms with Gasteiger partial charge in [0, 0.05) is 16.8 Å². The fourth-order valence-corrected chi connectivity index (χ4v) is 2.45. The number of aryl methyl sites for hydroxylation is 1. The van der Waals surface area contributed by atoms with E-state index in [9.17, 15) is 0 Å². The summed E-state index contributed by atoms with van der Waals surface area (Å²) in [7, 11) is 3.20. The molecule has 0 atom stereocenters. The summed E-state index contributed by atoms with van der Waals surface area (Å²) in [5.41, 5.74) is 2.48. The van der Waals surface area contributed by atoms with Crippen molar-refractivity contribution in [3.05, 3.63) is 53.2 Å². The summed E-state index contributed by atoms with van der Waals surface area (Å²) in [6.45, 7) is 1.94. The lowest BCUT2D eigenvalue weighted by Crippen LogP contribution is -2.03. The van der Waals surface area contributed by atoms with Crippen molar-refractivity contribution in [3.8, 4) is 11.5 Å². The molecule has 0 aliphatic heterocycles. The number of rotatable bonds is 6. The van der Waals surface area contributed by atoms with E-state index < -0.39 is 0 Å². The van der Waals surface area contributed by atoms with Crippen LogP contribution in [-0.4, -0.2) is 29.4 Å². The maximum absolute atomic E-state index is 6.15. The minimum Gasteiger partial charge on any atom is -0.497 e. The van der Waals surface area contributed by atoms with Crippen LogP contribution in [-0.2, 0) is 0 Å². The van der Waals surface area contributed by atoms with Gasteiger partial charge in [0.05, 0.1) is 26.1 Å². The van der Waals surface area contributed by atoms with Crippen molar-refractivity contribution in [2.45, 2.75) is 6.92 Å². The minimum absolute atomic E-state index is 0.344. The molecule has 7 nitrogen and oxygen atoms in total. The van der Waals surface area contributed by atoms with Gasteiger partial charge in [0.15, 0.2) is 5.82 Å². The molecule has 3 rings (SSSR count). The van der Waals surface area contributed by atoms with Gasteiger partial charge in [-0.3, -0.25) is 0 Å². The summed E-state index contributed by atoms with van der Waals surface area (Å²) in [5.74, 6) is 2.20. The fourth-order valence-electron chi connectivity index (χ4n) is 2.27. The molecule has 2 N–H and O–H groups in total. The summed E-state index contributed by atoms with van der Waals surface area (Å²) < 4.78 is 10.6. The number of anilines is 4. The number of ether oxygens (including phenoxy) is 2. The maximum Gasteiger partial charge on any atom is 0.249 e. The van der Waals surface area contributed by atoms with Crippen LogP contribution in [0.5, 0.6) is 11.5 Å². The molecule has 1 aromatic heterocycles. The van der Waals surface area contributed by atoms with E-state index in [-0.39, 0.29) is 0 Å². The van der Waals surface area contributed by atoms with Gasteiger partial charge in [-0.15, -0.1) is 5.10 Å². The molecule has 1 heterocycles. The predicted molar refractivity (Wildman–Crippen MR) is 102 cm³/mol. The molecule has 0 aliphatic carbocycles. The Kier molecular flexibility index (Phi) is 5.38. The third-order valence-electron chi connectivity index (χ3n) is 3.66. The highest BCUT2D eigenvalue weighted by atomic mass is 35.5. The minimum atomic E-state index is 0.344. The number of hydrogen-bond acceptors (Lipinski definition) is 7. The predicted octanol–water partition coefficient (Wildman–Crippen LogP) is 4.34. The van der Waals surface area contributed by atoms with Gasteiger partial charge in [-0.2, -0.15) is 10.1 Å². The molecule has 0 spiro atoms. The van der Waals surface area contributed by atoms with Gasteiger partial charge >= 0.3 is 0 Å². The summed E-state index contributed by atoms with van der Waals surface area (Å²) in [5, 5.41) is 14.9. The molecule has 8 heteroatoms. The standard InChI is InChI=1S/C18H18ClN5O2/c1-11-4-5-12(8-14(11)19)21-18-23-17(10-20-24-18)22-15-9-13(25-2)6-7-16(15)26-3/h4-10H,1-3H3,(H2,21,22,23,24). The summed E-state index contributed by atoms with van der Waals surface area (Å²) >= 11 is 6.15. The molecule has 3 aromatic rings. The first-order valence-electron chi connectivity index (χ1n) is 7.81. The van der Waals surface area contributed by atoms with Crippen LogP contribution in [0.3, 0.4) is 0 Å². The van der Waals surface area contributed by atoms with Gasteiger partial charge in [-0.25, -0.2) is 0 Å². The van der Waals surface area contributed by atoms with E-state index in [0.717, 1.165) is 11.3 Å². The Bertz CT molecular complexity index is 920. The largest absolute Gasteiger partial charge is 0.497 e. The molecular formula is C18H18ClN5O2. The van der Waals surface area contributed by atoms with Gasteiger partial charge in [-0.1, -0.05) is 17.7 Å². The molecule has 0 saturated carbocycles. The molecule has 0 fully saturated rings. The zero-order valence-electron chi connectivity index (χ0n) is 14.6. The van der Waals surface area contributed by atoms with E-state index in [1.807, 2.05) is 43.3 Å². The van der Waals surface area contributed by atoms with E-state index in [1.165, 1.54) is 6.20 Å². The van der Waals surface area contributed by atoms with Crippen LogP contribution < -0.4 is 20.1 Å². The average Bonchev–Trinajstić information content (AvgIpc) is 2.65. The number of halogens is 1. The van der Waals surface area contributed by atoms with Crippen molar-refractivity contribution in [2.24, 2.45) is 0 Å². The average molecular weight is 372 g/mol.